The summed E-state index contributed by atoms with van der Waals surface area (Å²) in [6.07, 6.45) is 2.95. The average molecular weight is 181 g/mol. The fraction of sp³-hybridized carbons (Fsp3) is 0.700. The van der Waals surface area contributed by atoms with Crippen LogP contribution >= 0.6 is 0 Å². The van der Waals surface area contributed by atoms with Gasteiger partial charge in [0.2, 0.25) is 0 Å². The molecule has 0 saturated heterocycles. The molecule has 0 spiro atoms. The zero-order valence-electron chi connectivity index (χ0n) is 8.67. The highest BCUT2D eigenvalue weighted by atomic mass is 15.1. The number of hydrogen-bond acceptors (Lipinski definition) is 2. The number of hydrogen-bond donors (Lipinski definition) is 2. The molecule has 1 aromatic heterocycles. The first-order chi connectivity index (χ1) is 6.15. The van der Waals surface area contributed by atoms with Gasteiger partial charge in [-0.2, -0.15) is 5.10 Å². The third kappa shape index (κ3) is 2.56. The van der Waals surface area contributed by atoms with Crippen LogP contribution < -0.4 is 5.73 Å². The van der Waals surface area contributed by atoms with Crippen LogP contribution in [0.5, 0.6) is 0 Å². The maximum Gasteiger partial charge on any atom is 0.0522 e. The second-order valence-electron chi connectivity index (χ2n) is 4.01. The normalized spacial score (nSPS) is 13.6. The van der Waals surface area contributed by atoms with Gasteiger partial charge in [-0.05, 0) is 30.4 Å². The minimum Gasteiger partial charge on any atom is -0.330 e. The molecule has 74 valence electrons. The van der Waals surface area contributed by atoms with E-state index in [2.05, 4.69) is 31.0 Å². The smallest absolute Gasteiger partial charge is 0.0522 e. The van der Waals surface area contributed by atoms with Crippen LogP contribution in [0.15, 0.2) is 6.20 Å². The molecule has 1 heterocycles. The molecule has 0 aromatic carbocycles. The average Bonchev–Trinajstić information content (AvgIpc) is 2.52. The largest absolute Gasteiger partial charge is 0.330 e. The van der Waals surface area contributed by atoms with Gasteiger partial charge in [0.05, 0.1) is 6.20 Å². The highest BCUT2D eigenvalue weighted by Crippen LogP contribution is 2.18. The molecule has 0 amide bonds. The van der Waals surface area contributed by atoms with Crippen LogP contribution in [0.1, 0.15) is 37.9 Å². The molecule has 0 aliphatic heterocycles. The van der Waals surface area contributed by atoms with Gasteiger partial charge in [0.15, 0.2) is 0 Å². The quantitative estimate of drug-likeness (QED) is 0.742. The lowest BCUT2D eigenvalue weighted by molar-refractivity contribution is 0.587. The Morgan fingerprint density at radius 3 is 2.69 bits per heavy atom. The van der Waals surface area contributed by atoms with Crippen LogP contribution in [0.4, 0.5) is 0 Å². The number of nitrogens with zero attached hydrogens (tertiary/aromatic N) is 1. The number of nitrogens with two attached hydrogens (primary N) is 1. The van der Waals surface area contributed by atoms with E-state index in [4.69, 9.17) is 5.73 Å². The fourth-order valence-electron chi connectivity index (χ4n) is 1.44. The molecular formula is C10H19N3. The molecule has 0 fully saturated rings. The molecule has 0 saturated carbocycles. The van der Waals surface area contributed by atoms with E-state index in [1.165, 1.54) is 11.3 Å². The van der Waals surface area contributed by atoms with Crippen molar-refractivity contribution in [1.29, 1.82) is 0 Å². The Bertz CT molecular complexity index is 252. The van der Waals surface area contributed by atoms with Crippen LogP contribution in [0.3, 0.4) is 0 Å². The molecule has 13 heavy (non-hydrogen) atoms. The highest BCUT2D eigenvalue weighted by Gasteiger charge is 2.10. The van der Waals surface area contributed by atoms with Crippen molar-refractivity contribution in [3.8, 4) is 0 Å². The fourth-order valence-corrected chi connectivity index (χ4v) is 1.44. The Morgan fingerprint density at radius 2 is 2.15 bits per heavy atom. The summed E-state index contributed by atoms with van der Waals surface area (Å²) in [6.45, 7) is 7.24. The maximum atomic E-state index is 5.58. The molecule has 0 radical (unpaired) electrons. The van der Waals surface area contributed by atoms with Crippen molar-refractivity contribution in [1.82, 2.24) is 10.2 Å². The molecule has 3 N–H and O–H groups in total. The van der Waals surface area contributed by atoms with Crippen molar-refractivity contribution in [2.24, 2.45) is 11.7 Å². The van der Waals surface area contributed by atoms with Crippen LogP contribution in [-0.4, -0.2) is 16.7 Å². The number of rotatable bonds is 4. The zero-order chi connectivity index (χ0) is 9.84. The molecule has 1 unspecified atom stereocenters. The van der Waals surface area contributed by atoms with E-state index in [1.807, 2.05) is 6.20 Å². The lowest BCUT2D eigenvalue weighted by atomic mass is 9.98. The van der Waals surface area contributed by atoms with Crippen LogP contribution in [0, 0.1) is 5.92 Å². The SMILES string of the molecule is CC(CN)Cc1cn[nH]c1C(C)C. The summed E-state index contributed by atoms with van der Waals surface area (Å²) in [5.74, 6) is 1.05. The summed E-state index contributed by atoms with van der Waals surface area (Å²) in [4.78, 5) is 0. The Labute approximate surface area is 79.7 Å². The number of nitrogens with one attached hydrogen (secondary N) is 1. The van der Waals surface area contributed by atoms with Gasteiger partial charge in [-0.1, -0.05) is 20.8 Å². The van der Waals surface area contributed by atoms with Crippen LogP contribution in [0.2, 0.25) is 0 Å². The first-order valence-electron chi connectivity index (χ1n) is 4.87. The van der Waals surface area contributed by atoms with Crippen LogP contribution in [-0.2, 0) is 6.42 Å². The molecule has 3 heteroatoms. The predicted octanol–water partition coefficient (Wildman–Crippen LogP) is 1.67. The van der Waals surface area contributed by atoms with E-state index >= 15 is 0 Å². The Balaban J connectivity index is 2.70. The lowest BCUT2D eigenvalue weighted by Crippen LogP contribution is -2.13. The molecule has 1 aromatic rings. The van der Waals surface area contributed by atoms with E-state index in [9.17, 15) is 0 Å². The van der Waals surface area contributed by atoms with Gasteiger partial charge in [0.1, 0.15) is 0 Å². The van der Waals surface area contributed by atoms with Gasteiger partial charge in [-0.15, -0.1) is 0 Å². The van der Waals surface area contributed by atoms with Gasteiger partial charge >= 0.3 is 0 Å². The Hall–Kier alpha value is -0.830. The predicted molar refractivity (Wildman–Crippen MR) is 54.6 cm³/mol. The molecule has 0 bridgehead atoms. The maximum absolute atomic E-state index is 5.58. The summed E-state index contributed by atoms with van der Waals surface area (Å²) in [7, 11) is 0. The summed E-state index contributed by atoms with van der Waals surface area (Å²) in [5, 5.41) is 7.11. The van der Waals surface area contributed by atoms with E-state index in [0.717, 1.165) is 13.0 Å². The van der Waals surface area contributed by atoms with E-state index in [-0.39, 0.29) is 0 Å². The molecule has 1 atom stereocenters. The molecule has 0 aliphatic carbocycles. The van der Waals surface area contributed by atoms with Gasteiger partial charge in [-0.25, -0.2) is 0 Å². The third-order valence-corrected chi connectivity index (χ3v) is 2.30. The Morgan fingerprint density at radius 1 is 1.46 bits per heavy atom. The van der Waals surface area contributed by atoms with Crippen molar-refractivity contribution in [3.63, 3.8) is 0 Å². The molecular weight excluding hydrogens is 162 g/mol. The van der Waals surface area contributed by atoms with Crippen molar-refractivity contribution in [2.45, 2.75) is 33.1 Å². The summed E-state index contributed by atoms with van der Waals surface area (Å²) < 4.78 is 0. The van der Waals surface area contributed by atoms with Gasteiger partial charge in [-0.3, -0.25) is 5.10 Å². The summed E-state index contributed by atoms with van der Waals surface area (Å²) in [5.41, 5.74) is 8.15. The van der Waals surface area contributed by atoms with Gasteiger partial charge in [0, 0.05) is 5.69 Å². The zero-order valence-corrected chi connectivity index (χ0v) is 8.67. The van der Waals surface area contributed by atoms with Gasteiger partial charge in [0.25, 0.3) is 0 Å². The topological polar surface area (TPSA) is 54.7 Å². The standard InChI is InChI=1S/C10H19N3/c1-7(2)10-9(6-12-13-10)4-8(3)5-11/h6-8H,4-5,11H2,1-3H3,(H,12,13). The lowest BCUT2D eigenvalue weighted by Gasteiger charge is -2.09. The number of aromatic amines is 1. The third-order valence-electron chi connectivity index (χ3n) is 2.30. The summed E-state index contributed by atoms with van der Waals surface area (Å²) in [6, 6.07) is 0. The Kier molecular flexibility index (Phi) is 3.48. The number of H-pyrrole nitrogens is 1. The van der Waals surface area contributed by atoms with E-state index < -0.39 is 0 Å². The second-order valence-corrected chi connectivity index (χ2v) is 4.01. The minimum absolute atomic E-state index is 0.516. The molecule has 1 rings (SSSR count). The number of aromatic nitrogens is 2. The van der Waals surface area contributed by atoms with Crippen molar-refractivity contribution < 1.29 is 0 Å². The molecule has 3 nitrogen and oxygen atoms in total. The van der Waals surface area contributed by atoms with E-state index in [0.29, 0.717) is 11.8 Å². The first kappa shape index (κ1) is 10.3. The van der Waals surface area contributed by atoms with Crippen molar-refractivity contribution in [2.75, 3.05) is 6.54 Å². The van der Waals surface area contributed by atoms with Crippen molar-refractivity contribution in [3.05, 3.63) is 17.5 Å². The van der Waals surface area contributed by atoms with Crippen molar-refractivity contribution >= 4 is 0 Å². The van der Waals surface area contributed by atoms with Gasteiger partial charge < -0.3 is 5.73 Å². The molecule has 0 aliphatic rings. The van der Waals surface area contributed by atoms with Crippen LogP contribution in [0.25, 0.3) is 0 Å². The first-order valence-corrected chi connectivity index (χ1v) is 4.87. The summed E-state index contributed by atoms with van der Waals surface area (Å²) >= 11 is 0. The minimum atomic E-state index is 0.516. The second kappa shape index (κ2) is 4.42. The monoisotopic (exact) mass is 181 g/mol. The van der Waals surface area contributed by atoms with E-state index in [1.54, 1.807) is 0 Å². The highest BCUT2D eigenvalue weighted by molar-refractivity contribution is 5.19.